The first kappa shape index (κ1) is 16.5. The van der Waals surface area contributed by atoms with Gasteiger partial charge in [0.2, 0.25) is 0 Å². The van der Waals surface area contributed by atoms with Crippen LogP contribution in [0.15, 0.2) is 24.5 Å². The lowest BCUT2D eigenvalue weighted by molar-refractivity contribution is -0.123. The Morgan fingerprint density at radius 3 is 2.82 bits per heavy atom. The highest BCUT2D eigenvalue weighted by Crippen LogP contribution is 2.21. The first-order chi connectivity index (χ1) is 10.3. The Hall–Kier alpha value is -1.91. The van der Waals surface area contributed by atoms with Crippen LogP contribution in [0.4, 0.5) is 4.79 Å². The van der Waals surface area contributed by atoms with Crippen LogP contribution in [0.1, 0.15) is 39.2 Å². The fourth-order valence-electron chi connectivity index (χ4n) is 2.58. The topological polar surface area (TPSA) is 59.5 Å². The summed E-state index contributed by atoms with van der Waals surface area (Å²) in [5, 5.41) is 0. The van der Waals surface area contributed by atoms with Gasteiger partial charge >= 0.3 is 6.09 Å². The number of likely N-dealkylation sites (tertiary alicyclic amines) is 1. The van der Waals surface area contributed by atoms with Crippen molar-refractivity contribution in [1.82, 2.24) is 9.88 Å². The molecule has 0 radical (unpaired) electrons. The fourth-order valence-corrected chi connectivity index (χ4v) is 2.58. The van der Waals surface area contributed by atoms with Gasteiger partial charge in [0.1, 0.15) is 11.4 Å². The van der Waals surface area contributed by atoms with Gasteiger partial charge in [0, 0.05) is 37.8 Å². The number of piperidine rings is 1. The van der Waals surface area contributed by atoms with Gasteiger partial charge in [0.05, 0.1) is 0 Å². The second-order valence-electron chi connectivity index (χ2n) is 6.77. The maximum absolute atomic E-state index is 12.4. The third-order valence-corrected chi connectivity index (χ3v) is 3.63. The van der Waals surface area contributed by atoms with Crippen LogP contribution >= 0.6 is 0 Å². The maximum Gasteiger partial charge on any atom is 0.410 e. The first-order valence-electron chi connectivity index (χ1n) is 7.75. The van der Waals surface area contributed by atoms with Crippen molar-refractivity contribution >= 4 is 11.9 Å². The maximum atomic E-state index is 12.4. The average Bonchev–Trinajstić information content (AvgIpc) is 2.46. The summed E-state index contributed by atoms with van der Waals surface area (Å²) in [7, 11) is 0. The van der Waals surface area contributed by atoms with Crippen molar-refractivity contribution in [3.8, 4) is 0 Å². The van der Waals surface area contributed by atoms with Gasteiger partial charge in [-0.05, 0) is 45.2 Å². The van der Waals surface area contributed by atoms with Crippen LogP contribution in [-0.2, 0) is 16.0 Å². The number of aromatic nitrogens is 1. The number of amides is 1. The monoisotopic (exact) mass is 304 g/mol. The molecule has 0 aliphatic carbocycles. The van der Waals surface area contributed by atoms with Gasteiger partial charge in [-0.25, -0.2) is 4.79 Å². The fraction of sp³-hybridized carbons (Fsp3) is 0.588. The summed E-state index contributed by atoms with van der Waals surface area (Å²) in [6.45, 7) is 6.65. The Kier molecular flexibility index (Phi) is 5.16. The number of hydrogen-bond donors (Lipinski definition) is 0. The van der Waals surface area contributed by atoms with E-state index in [-0.39, 0.29) is 17.8 Å². The van der Waals surface area contributed by atoms with Crippen LogP contribution in [0.2, 0.25) is 0 Å². The van der Waals surface area contributed by atoms with Crippen molar-refractivity contribution in [2.75, 3.05) is 13.1 Å². The molecular weight excluding hydrogens is 280 g/mol. The molecule has 120 valence electrons. The van der Waals surface area contributed by atoms with Gasteiger partial charge in [-0.2, -0.15) is 0 Å². The number of ether oxygens (including phenoxy) is 1. The number of rotatable bonds is 3. The van der Waals surface area contributed by atoms with Crippen molar-refractivity contribution in [3.05, 3.63) is 30.1 Å². The van der Waals surface area contributed by atoms with Crippen LogP contribution in [0.3, 0.4) is 0 Å². The summed E-state index contributed by atoms with van der Waals surface area (Å²) < 4.78 is 5.39. The Morgan fingerprint density at radius 1 is 1.41 bits per heavy atom. The van der Waals surface area contributed by atoms with Gasteiger partial charge in [0.25, 0.3) is 0 Å². The Balaban J connectivity index is 1.92. The molecule has 0 aromatic carbocycles. The number of pyridine rings is 1. The second-order valence-corrected chi connectivity index (χ2v) is 6.77. The van der Waals surface area contributed by atoms with Gasteiger partial charge in [-0.3, -0.25) is 9.78 Å². The molecule has 0 saturated carbocycles. The number of carbonyl (C=O) groups is 2. The zero-order valence-electron chi connectivity index (χ0n) is 13.5. The van der Waals surface area contributed by atoms with E-state index in [1.54, 1.807) is 17.3 Å². The second kappa shape index (κ2) is 6.90. The van der Waals surface area contributed by atoms with Gasteiger partial charge in [-0.15, -0.1) is 0 Å². The van der Waals surface area contributed by atoms with Crippen LogP contribution in [-0.4, -0.2) is 40.5 Å². The molecule has 1 aromatic heterocycles. The highest BCUT2D eigenvalue weighted by Gasteiger charge is 2.30. The molecular formula is C17H24N2O3. The first-order valence-corrected chi connectivity index (χ1v) is 7.75. The van der Waals surface area contributed by atoms with Crippen LogP contribution < -0.4 is 0 Å². The van der Waals surface area contributed by atoms with Crippen molar-refractivity contribution in [2.45, 2.75) is 45.6 Å². The molecule has 1 amide bonds. The molecule has 0 unspecified atom stereocenters. The molecule has 2 rings (SSSR count). The number of hydrogen-bond acceptors (Lipinski definition) is 4. The molecule has 0 spiro atoms. The minimum Gasteiger partial charge on any atom is -0.444 e. The van der Waals surface area contributed by atoms with E-state index in [9.17, 15) is 9.59 Å². The molecule has 5 nitrogen and oxygen atoms in total. The summed E-state index contributed by atoms with van der Waals surface area (Å²) >= 11 is 0. The highest BCUT2D eigenvalue weighted by molar-refractivity contribution is 5.84. The van der Waals surface area contributed by atoms with Gasteiger partial charge < -0.3 is 9.64 Å². The third kappa shape index (κ3) is 4.83. The van der Waals surface area contributed by atoms with E-state index in [0.29, 0.717) is 19.5 Å². The smallest absolute Gasteiger partial charge is 0.410 e. The number of Topliss-reactive ketones (excluding diaryl/α,β-unsaturated/α-hetero) is 1. The minimum atomic E-state index is -0.510. The zero-order chi connectivity index (χ0) is 16.2. The van der Waals surface area contributed by atoms with Crippen molar-refractivity contribution in [1.29, 1.82) is 0 Å². The van der Waals surface area contributed by atoms with E-state index in [1.807, 2.05) is 32.9 Å². The summed E-state index contributed by atoms with van der Waals surface area (Å²) in [4.78, 5) is 30.2. The SMILES string of the molecule is CC(C)(C)OC(=O)N1CCC[C@H](C(=O)Cc2cccnc2)C1. The lowest BCUT2D eigenvalue weighted by atomic mass is 9.91. The molecule has 1 atom stereocenters. The molecule has 5 heteroatoms. The average molecular weight is 304 g/mol. The lowest BCUT2D eigenvalue weighted by Gasteiger charge is -2.33. The molecule has 1 aliphatic heterocycles. The number of nitrogens with zero attached hydrogens (tertiary/aromatic N) is 2. The largest absolute Gasteiger partial charge is 0.444 e. The zero-order valence-corrected chi connectivity index (χ0v) is 13.5. The predicted molar refractivity (Wildman–Crippen MR) is 83.5 cm³/mol. The van der Waals surface area contributed by atoms with E-state index in [4.69, 9.17) is 4.74 Å². The molecule has 0 N–H and O–H groups in total. The molecule has 0 bridgehead atoms. The van der Waals surface area contributed by atoms with Crippen molar-refractivity contribution in [3.63, 3.8) is 0 Å². The molecule has 1 saturated heterocycles. The van der Waals surface area contributed by atoms with Gasteiger partial charge in [0.15, 0.2) is 0 Å². The minimum absolute atomic E-state index is 0.110. The van der Waals surface area contributed by atoms with E-state index < -0.39 is 5.60 Å². The van der Waals surface area contributed by atoms with Crippen LogP contribution in [0.25, 0.3) is 0 Å². The quantitative estimate of drug-likeness (QED) is 0.861. The van der Waals surface area contributed by atoms with Gasteiger partial charge in [-0.1, -0.05) is 6.07 Å². The Morgan fingerprint density at radius 2 is 2.18 bits per heavy atom. The molecule has 1 fully saturated rings. The predicted octanol–water partition coefficient (Wildman–Crippen LogP) is 2.84. The Labute approximate surface area is 131 Å². The van der Waals surface area contributed by atoms with Crippen LogP contribution in [0.5, 0.6) is 0 Å². The Bertz CT molecular complexity index is 522. The van der Waals surface area contributed by atoms with E-state index >= 15 is 0 Å². The molecule has 2 heterocycles. The summed E-state index contributed by atoms with van der Waals surface area (Å²) in [6.07, 6.45) is 5.12. The van der Waals surface area contributed by atoms with E-state index in [0.717, 1.165) is 18.4 Å². The molecule has 22 heavy (non-hydrogen) atoms. The van der Waals surface area contributed by atoms with E-state index in [1.165, 1.54) is 0 Å². The number of ketones is 1. The van der Waals surface area contributed by atoms with Crippen molar-refractivity contribution < 1.29 is 14.3 Å². The standard InChI is InChI=1S/C17H24N2O3/c1-17(2,3)22-16(21)19-9-5-7-14(12-19)15(20)10-13-6-4-8-18-11-13/h4,6,8,11,14H,5,7,9-10,12H2,1-3H3/t14-/m0/s1. The third-order valence-electron chi connectivity index (χ3n) is 3.63. The number of carbonyl (C=O) groups excluding carboxylic acids is 2. The molecule has 1 aliphatic rings. The molecule has 1 aromatic rings. The van der Waals surface area contributed by atoms with Crippen LogP contribution in [0, 0.1) is 5.92 Å². The highest BCUT2D eigenvalue weighted by atomic mass is 16.6. The van der Waals surface area contributed by atoms with E-state index in [2.05, 4.69) is 4.98 Å². The summed E-state index contributed by atoms with van der Waals surface area (Å²) in [5.74, 6) is 0.0581. The summed E-state index contributed by atoms with van der Waals surface area (Å²) in [5.41, 5.74) is 0.408. The lowest BCUT2D eigenvalue weighted by Crippen LogP contribution is -2.44. The normalized spacial score (nSPS) is 18.9. The summed E-state index contributed by atoms with van der Waals surface area (Å²) in [6, 6.07) is 3.73. The van der Waals surface area contributed by atoms with Crippen molar-refractivity contribution in [2.24, 2.45) is 5.92 Å².